The summed E-state index contributed by atoms with van der Waals surface area (Å²) in [6.45, 7) is 8.60. The number of anilines is 1. The summed E-state index contributed by atoms with van der Waals surface area (Å²) in [6.07, 6.45) is -5.77. The Kier molecular flexibility index (Phi) is 10.2. The largest absolute Gasteiger partial charge is 0.756 e. The van der Waals surface area contributed by atoms with E-state index in [1.807, 2.05) is 0 Å². The van der Waals surface area contributed by atoms with E-state index in [1.165, 1.54) is 30.5 Å². The number of phosphoric ester groups is 2. The second-order valence-electron chi connectivity index (χ2n) is 9.68. The maximum absolute atomic E-state index is 12.1. The molecule has 0 saturated carbocycles. The molecule has 41 heavy (non-hydrogen) atoms. The quantitative estimate of drug-likeness (QED) is 0.206. The van der Waals surface area contributed by atoms with Crippen molar-refractivity contribution in [3.63, 3.8) is 0 Å². The Labute approximate surface area is 236 Å². The molecule has 9 atom stereocenters. The highest BCUT2D eigenvalue weighted by Crippen LogP contribution is 2.58. The zero-order valence-corrected chi connectivity index (χ0v) is 24.6. The molecule has 0 amide bonds. The lowest BCUT2D eigenvalue weighted by atomic mass is 10.1. The lowest BCUT2D eigenvalue weighted by Gasteiger charge is -2.26. The first-order valence-corrected chi connectivity index (χ1v) is 16.1. The van der Waals surface area contributed by atoms with Crippen LogP contribution in [0.25, 0.3) is 11.0 Å². The van der Waals surface area contributed by atoms with Crippen molar-refractivity contribution in [2.45, 2.75) is 70.2 Å². The lowest BCUT2D eigenvalue weighted by molar-refractivity contribution is -0.754. The summed E-state index contributed by atoms with van der Waals surface area (Å²) in [5.41, 5.74) is 6.65. The van der Waals surface area contributed by atoms with Crippen molar-refractivity contribution in [3.8, 4) is 0 Å². The standard InChI is InChI=1S/C16H22N4O12P2.C6H15N/c17-14-7-1-2-19-11-3-8(21)9(30-11)4-28-33(24,25)32-34(26,27)29-5-10-12(22)13(23)16(31-10)20(14)6-18-15(7)19;1-4-7(5-2)6-3/h1-2,6,8-13,16-17,21-23H,3-5H2,(H2,24,25,26,27);4-6H2,1-3H3/t8-,9+,10+,11+,12+,13+,16+;/m0./s1. The van der Waals surface area contributed by atoms with E-state index in [0.29, 0.717) is 11.0 Å². The van der Waals surface area contributed by atoms with Crippen molar-refractivity contribution in [2.24, 2.45) is 0 Å². The molecule has 2 unspecified atom stereocenters. The van der Waals surface area contributed by atoms with Crippen LogP contribution in [0.3, 0.4) is 0 Å². The van der Waals surface area contributed by atoms with Crippen LogP contribution in [-0.4, -0.2) is 98.0 Å². The minimum atomic E-state index is -5.43. The summed E-state index contributed by atoms with van der Waals surface area (Å²) >= 11 is 0. The fourth-order valence-electron chi connectivity index (χ4n) is 4.84. The van der Waals surface area contributed by atoms with E-state index in [-0.39, 0.29) is 12.2 Å². The average molecular weight is 626 g/mol. The molecule has 0 spiro atoms. The van der Waals surface area contributed by atoms with E-state index >= 15 is 0 Å². The number of aliphatic hydroxyl groups is 3. The van der Waals surface area contributed by atoms with E-state index in [1.54, 1.807) is 16.8 Å². The maximum Gasteiger partial charge on any atom is 0.478 e. The first kappa shape index (κ1) is 32.4. The van der Waals surface area contributed by atoms with Crippen molar-refractivity contribution in [2.75, 3.05) is 38.6 Å². The third-order valence-electron chi connectivity index (χ3n) is 7.22. The normalized spacial score (nSPS) is 37.7. The molecule has 19 heteroatoms. The number of rotatable bonds is 3. The van der Waals surface area contributed by atoms with E-state index < -0.39 is 71.8 Å². The van der Waals surface area contributed by atoms with Gasteiger partial charge in [0, 0.05) is 12.6 Å². The van der Waals surface area contributed by atoms with Gasteiger partial charge in [-0.1, -0.05) is 25.8 Å². The number of nitrogen functional groups attached to an aromatic ring is 1. The van der Waals surface area contributed by atoms with E-state index in [4.69, 9.17) is 19.7 Å². The zero-order valence-electron chi connectivity index (χ0n) is 22.8. The molecule has 6 N–H and O–H groups in total. The number of ether oxygens (including phenoxy) is 2. The van der Waals surface area contributed by atoms with Crippen molar-refractivity contribution >= 4 is 32.5 Å². The van der Waals surface area contributed by atoms with Gasteiger partial charge in [-0.2, -0.15) is 0 Å². The molecule has 4 aliphatic heterocycles. The van der Waals surface area contributed by atoms with Crippen molar-refractivity contribution in [3.05, 3.63) is 18.6 Å². The number of aliphatic hydroxyl groups excluding tert-OH is 3. The number of nitrogens with zero attached hydrogens (tertiary/aromatic N) is 4. The molecule has 17 nitrogen and oxygen atoms in total. The third-order valence-corrected chi connectivity index (χ3v) is 9.78. The second kappa shape index (κ2) is 13.0. The Balaban J connectivity index is 0.000000493. The Morgan fingerprint density at radius 1 is 1.10 bits per heavy atom. The molecule has 2 aromatic heterocycles. The van der Waals surface area contributed by atoms with Crippen LogP contribution in [0.5, 0.6) is 0 Å². The highest BCUT2D eigenvalue weighted by molar-refractivity contribution is 7.60. The van der Waals surface area contributed by atoms with Gasteiger partial charge < -0.3 is 49.7 Å². The zero-order chi connectivity index (χ0) is 30.1. The molecule has 0 aliphatic carbocycles. The number of fused-ring (bicyclic) bond motifs is 7. The van der Waals surface area contributed by atoms with Crippen LogP contribution >= 0.6 is 15.6 Å². The fraction of sp³-hybridized carbons (Fsp3) is 0.727. The predicted octanol–water partition coefficient (Wildman–Crippen LogP) is -0.846. The molecule has 2 saturated heterocycles. The van der Waals surface area contributed by atoms with Crippen LogP contribution in [0.15, 0.2) is 18.6 Å². The van der Waals surface area contributed by atoms with Crippen LogP contribution in [0.1, 0.15) is 39.6 Å². The van der Waals surface area contributed by atoms with E-state index in [9.17, 15) is 34.2 Å². The summed E-state index contributed by atoms with van der Waals surface area (Å²) < 4.78 is 51.7. The molecule has 8 bridgehead atoms. The maximum atomic E-state index is 12.1. The summed E-state index contributed by atoms with van der Waals surface area (Å²) in [5.74, 6) is 0.125. The van der Waals surface area contributed by atoms with Gasteiger partial charge in [-0.15, -0.1) is 0 Å². The SMILES string of the molecule is CCN(CC)CC.Nc1c2ccn3c2nc[n+]1[C@@H]1O[C@H](COP(=O)([O-])OP(=O)(O)OC[C@H]2O[C@@H]3C[C@@H]2O)[C@@H](O)[C@H]1O. The van der Waals surface area contributed by atoms with Crippen molar-refractivity contribution in [1.82, 2.24) is 14.5 Å². The summed E-state index contributed by atoms with van der Waals surface area (Å²) in [6, 6.07) is 1.63. The van der Waals surface area contributed by atoms with Gasteiger partial charge in [0.2, 0.25) is 24.0 Å². The third kappa shape index (κ3) is 7.16. The summed E-state index contributed by atoms with van der Waals surface area (Å²) in [7, 11) is -10.6. The molecule has 6 rings (SSSR count). The Morgan fingerprint density at radius 2 is 1.76 bits per heavy atom. The van der Waals surface area contributed by atoms with Crippen LogP contribution in [0, 0.1) is 0 Å². The summed E-state index contributed by atoms with van der Waals surface area (Å²) in [5, 5.41) is 31.6. The Morgan fingerprint density at radius 3 is 2.39 bits per heavy atom. The van der Waals surface area contributed by atoms with Gasteiger partial charge in [0.15, 0.2) is 0 Å². The van der Waals surface area contributed by atoms with Crippen LogP contribution < -0.4 is 15.2 Å². The van der Waals surface area contributed by atoms with Gasteiger partial charge in [-0.3, -0.25) is 13.7 Å². The van der Waals surface area contributed by atoms with Gasteiger partial charge >= 0.3 is 7.82 Å². The average Bonchev–Trinajstić information content (AvgIpc) is 3.59. The number of hydrogen-bond donors (Lipinski definition) is 5. The number of hydrogen-bond acceptors (Lipinski definition) is 14. The van der Waals surface area contributed by atoms with Crippen LogP contribution in [-0.2, 0) is 32.0 Å². The second-order valence-corrected chi connectivity index (χ2v) is 12.7. The molecular formula is C22H37N5O12P2. The Hall–Kier alpha value is -1.56. The van der Waals surface area contributed by atoms with Crippen molar-refractivity contribution < 1.29 is 61.6 Å². The monoisotopic (exact) mass is 625 g/mol. The van der Waals surface area contributed by atoms with E-state index in [0.717, 1.165) is 0 Å². The molecule has 0 radical (unpaired) electrons. The van der Waals surface area contributed by atoms with Gasteiger partial charge in [-0.25, -0.2) is 13.4 Å². The summed E-state index contributed by atoms with van der Waals surface area (Å²) in [4.78, 5) is 28.6. The molecule has 6 heterocycles. The highest BCUT2D eigenvalue weighted by Gasteiger charge is 2.47. The predicted molar refractivity (Wildman–Crippen MR) is 139 cm³/mol. The van der Waals surface area contributed by atoms with Crippen LogP contribution in [0.4, 0.5) is 5.82 Å². The topological polar surface area (TPSA) is 235 Å². The highest BCUT2D eigenvalue weighted by atomic mass is 31.3. The van der Waals surface area contributed by atoms with Crippen LogP contribution in [0.2, 0.25) is 0 Å². The van der Waals surface area contributed by atoms with Gasteiger partial charge in [0.25, 0.3) is 7.82 Å². The van der Waals surface area contributed by atoms with Gasteiger partial charge in [0.05, 0.1) is 19.3 Å². The molecule has 232 valence electrons. The van der Waals surface area contributed by atoms with Gasteiger partial charge in [0.1, 0.15) is 36.0 Å². The molecule has 0 aromatic carbocycles. The van der Waals surface area contributed by atoms with E-state index in [2.05, 4.69) is 39.5 Å². The van der Waals surface area contributed by atoms with Crippen molar-refractivity contribution in [1.29, 1.82) is 0 Å². The fourth-order valence-corrected chi connectivity index (χ4v) is 6.89. The molecule has 2 aromatic rings. The minimum absolute atomic E-state index is 0.0619. The van der Waals surface area contributed by atoms with Gasteiger partial charge in [-0.05, 0) is 25.7 Å². The Bertz CT molecular complexity index is 1290. The molecule has 4 aliphatic rings. The number of phosphoric acid groups is 2. The molecular weight excluding hydrogens is 588 g/mol. The first-order chi connectivity index (χ1) is 19.3. The molecule has 2 fully saturated rings. The first-order valence-electron chi connectivity index (χ1n) is 13.2. The lowest BCUT2D eigenvalue weighted by Crippen LogP contribution is -2.48. The smallest absolute Gasteiger partial charge is 0.478 e. The minimum Gasteiger partial charge on any atom is -0.756 e. The number of nitrogens with two attached hydrogens (primary N) is 1. The number of aromatic nitrogens is 3.